The van der Waals surface area contributed by atoms with Gasteiger partial charge in [0.15, 0.2) is 0 Å². The molecular weight excluding hydrogens is 162 g/mol. The fraction of sp³-hybridized carbons (Fsp3) is 0.700. The number of nitrogens with zero attached hydrogens (tertiary/aromatic N) is 2. The molecule has 0 aromatic carbocycles. The van der Waals surface area contributed by atoms with E-state index in [0.717, 1.165) is 19.5 Å². The topological polar surface area (TPSA) is 43.8 Å². The fourth-order valence-electron chi connectivity index (χ4n) is 1.76. The number of aryl methyl sites for hydroxylation is 1. The van der Waals surface area contributed by atoms with Crippen LogP contribution in [0.4, 0.5) is 0 Å². The van der Waals surface area contributed by atoms with Gasteiger partial charge in [-0.05, 0) is 31.7 Å². The highest BCUT2D eigenvalue weighted by Gasteiger charge is 2.41. The van der Waals surface area contributed by atoms with Gasteiger partial charge in [-0.3, -0.25) is 0 Å². The Morgan fingerprint density at radius 2 is 2.38 bits per heavy atom. The molecule has 0 saturated heterocycles. The minimum atomic E-state index is 0.401. The Labute approximate surface area is 79.0 Å². The zero-order valence-electron chi connectivity index (χ0n) is 8.16. The average molecular weight is 179 g/mol. The lowest BCUT2D eigenvalue weighted by atomic mass is 10.0. The molecule has 1 heterocycles. The predicted octanol–water partition coefficient (Wildman–Crippen LogP) is 1.18. The van der Waals surface area contributed by atoms with Crippen LogP contribution in [0, 0.1) is 5.41 Å². The summed E-state index contributed by atoms with van der Waals surface area (Å²) in [6.07, 6.45) is 7.54. The second kappa shape index (κ2) is 3.14. The first-order valence-corrected chi connectivity index (χ1v) is 5.00. The minimum Gasteiger partial charge on any atom is -0.335 e. The van der Waals surface area contributed by atoms with E-state index in [1.807, 2.05) is 12.4 Å². The lowest BCUT2D eigenvalue weighted by molar-refractivity contribution is 0.490. The van der Waals surface area contributed by atoms with Crippen LogP contribution in [0.15, 0.2) is 12.4 Å². The molecule has 72 valence electrons. The summed E-state index contributed by atoms with van der Waals surface area (Å²) in [4.78, 5) is 4.37. The van der Waals surface area contributed by atoms with Gasteiger partial charge in [-0.15, -0.1) is 0 Å². The number of aromatic nitrogens is 2. The number of nitrogens with two attached hydrogens (primary N) is 1. The zero-order chi connectivity index (χ0) is 9.31. The van der Waals surface area contributed by atoms with Crippen molar-refractivity contribution in [3.05, 3.63) is 18.2 Å². The molecule has 0 bridgehead atoms. The van der Waals surface area contributed by atoms with Crippen molar-refractivity contribution in [1.82, 2.24) is 9.55 Å². The Kier molecular flexibility index (Phi) is 2.12. The van der Waals surface area contributed by atoms with E-state index in [-0.39, 0.29) is 0 Å². The third-order valence-electron chi connectivity index (χ3n) is 3.07. The number of imidazole rings is 1. The highest BCUT2D eigenvalue weighted by Crippen LogP contribution is 2.46. The van der Waals surface area contributed by atoms with E-state index in [0.29, 0.717) is 5.41 Å². The molecule has 3 heteroatoms. The molecule has 2 rings (SSSR count). The molecule has 3 nitrogen and oxygen atoms in total. The Morgan fingerprint density at radius 3 is 2.92 bits per heavy atom. The standard InChI is InChI=1S/C10H17N3/c1-2-13-6-5-12-9(13)7-10(8-11)3-4-10/h5-6H,2-4,7-8,11H2,1H3. The van der Waals surface area contributed by atoms with Gasteiger partial charge >= 0.3 is 0 Å². The van der Waals surface area contributed by atoms with Crippen LogP contribution in [0.3, 0.4) is 0 Å². The molecule has 1 saturated carbocycles. The third kappa shape index (κ3) is 1.61. The van der Waals surface area contributed by atoms with Gasteiger partial charge in [0.1, 0.15) is 5.82 Å². The highest BCUT2D eigenvalue weighted by molar-refractivity contribution is 5.04. The molecule has 1 aliphatic rings. The second-order valence-corrected chi connectivity index (χ2v) is 4.01. The maximum absolute atomic E-state index is 5.74. The van der Waals surface area contributed by atoms with Crippen molar-refractivity contribution in [2.24, 2.45) is 11.1 Å². The van der Waals surface area contributed by atoms with Crippen LogP contribution in [0.5, 0.6) is 0 Å². The maximum atomic E-state index is 5.74. The molecular formula is C10H17N3. The van der Waals surface area contributed by atoms with Crippen LogP contribution in [-0.2, 0) is 13.0 Å². The van der Waals surface area contributed by atoms with E-state index in [4.69, 9.17) is 5.73 Å². The minimum absolute atomic E-state index is 0.401. The molecule has 0 unspecified atom stereocenters. The lowest BCUT2D eigenvalue weighted by Crippen LogP contribution is -2.20. The normalized spacial score (nSPS) is 18.9. The molecule has 0 atom stereocenters. The summed E-state index contributed by atoms with van der Waals surface area (Å²) in [7, 11) is 0. The van der Waals surface area contributed by atoms with Crippen LogP contribution in [-0.4, -0.2) is 16.1 Å². The molecule has 0 radical (unpaired) electrons. The van der Waals surface area contributed by atoms with Gasteiger partial charge in [0.05, 0.1) is 0 Å². The largest absolute Gasteiger partial charge is 0.335 e. The lowest BCUT2D eigenvalue weighted by Gasteiger charge is -2.12. The molecule has 0 aliphatic heterocycles. The summed E-state index contributed by atoms with van der Waals surface area (Å²) in [5.74, 6) is 1.20. The summed E-state index contributed by atoms with van der Waals surface area (Å²) >= 11 is 0. The van der Waals surface area contributed by atoms with Crippen molar-refractivity contribution in [1.29, 1.82) is 0 Å². The van der Waals surface area contributed by atoms with Gasteiger partial charge in [0.2, 0.25) is 0 Å². The van der Waals surface area contributed by atoms with E-state index in [9.17, 15) is 0 Å². The van der Waals surface area contributed by atoms with Gasteiger partial charge in [0.25, 0.3) is 0 Å². The van der Waals surface area contributed by atoms with Gasteiger partial charge in [0, 0.05) is 25.4 Å². The molecule has 0 spiro atoms. The first-order chi connectivity index (χ1) is 6.29. The predicted molar refractivity (Wildman–Crippen MR) is 52.3 cm³/mol. The molecule has 1 aliphatic carbocycles. The summed E-state index contributed by atoms with van der Waals surface area (Å²) < 4.78 is 2.20. The smallest absolute Gasteiger partial charge is 0.109 e. The molecule has 13 heavy (non-hydrogen) atoms. The van der Waals surface area contributed by atoms with Crippen molar-refractivity contribution in [2.75, 3.05) is 6.54 Å². The van der Waals surface area contributed by atoms with Crippen LogP contribution in [0.1, 0.15) is 25.6 Å². The van der Waals surface area contributed by atoms with Crippen molar-refractivity contribution < 1.29 is 0 Å². The van der Waals surface area contributed by atoms with Crippen LogP contribution >= 0.6 is 0 Å². The second-order valence-electron chi connectivity index (χ2n) is 4.01. The zero-order valence-corrected chi connectivity index (χ0v) is 8.16. The fourth-order valence-corrected chi connectivity index (χ4v) is 1.76. The van der Waals surface area contributed by atoms with E-state index in [2.05, 4.69) is 16.5 Å². The summed E-state index contributed by atoms with van der Waals surface area (Å²) in [6, 6.07) is 0. The van der Waals surface area contributed by atoms with Gasteiger partial charge in [-0.1, -0.05) is 0 Å². The van der Waals surface area contributed by atoms with Crippen molar-refractivity contribution in [2.45, 2.75) is 32.7 Å². The molecule has 2 N–H and O–H groups in total. The Morgan fingerprint density at radius 1 is 1.62 bits per heavy atom. The Hall–Kier alpha value is -0.830. The number of hydrogen-bond donors (Lipinski definition) is 1. The van der Waals surface area contributed by atoms with Crippen molar-refractivity contribution >= 4 is 0 Å². The van der Waals surface area contributed by atoms with E-state index >= 15 is 0 Å². The molecule has 1 aromatic heterocycles. The van der Waals surface area contributed by atoms with E-state index in [1.54, 1.807) is 0 Å². The third-order valence-corrected chi connectivity index (χ3v) is 3.07. The first-order valence-electron chi connectivity index (χ1n) is 5.00. The SMILES string of the molecule is CCn1ccnc1CC1(CN)CC1. The Bertz CT molecular complexity index is 286. The average Bonchev–Trinajstić information content (AvgIpc) is 2.78. The highest BCUT2D eigenvalue weighted by atomic mass is 15.1. The van der Waals surface area contributed by atoms with Gasteiger partial charge in [-0.2, -0.15) is 0 Å². The van der Waals surface area contributed by atoms with Crippen molar-refractivity contribution in [3.63, 3.8) is 0 Å². The van der Waals surface area contributed by atoms with E-state index < -0.39 is 0 Å². The summed E-state index contributed by atoms with van der Waals surface area (Å²) in [6.45, 7) is 3.97. The quantitative estimate of drug-likeness (QED) is 0.754. The van der Waals surface area contributed by atoms with E-state index in [1.165, 1.54) is 18.7 Å². The number of hydrogen-bond acceptors (Lipinski definition) is 2. The summed E-state index contributed by atoms with van der Waals surface area (Å²) in [5.41, 5.74) is 6.14. The molecule has 1 fully saturated rings. The van der Waals surface area contributed by atoms with Crippen LogP contribution in [0.2, 0.25) is 0 Å². The first kappa shape index (κ1) is 8.75. The maximum Gasteiger partial charge on any atom is 0.109 e. The van der Waals surface area contributed by atoms with Gasteiger partial charge < -0.3 is 10.3 Å². The molecule has 0 amide bonds. The van der Waals surface area contributed by atoms with Gasteiger partial charge in [-0.25, -0.2) is 4.98 Å². The molecule has 1 aromatic rings. The monoisotopic (exact) mass is 179 g/mol. The number of rotatable bonds is 4. The van der Waals surface area contributed by atoms with Crippen LogP contribution in [0.25, 0.3) is 0 Å². The van der Waals surface area contributed by atoms with Crippen LogP contribution < -0.4 is 5.73 Å². The summed E-state index contributed by atoms with van der Waals surface area (Å²) in [5, 5.41) is 0. The van der Waals surface area contributed by atoms with Crippen molar-refractivity contribution in [3.8, 4) is 0 Å². The Balaban J connectivity index is 2.09.